The molecule has 0 atom stereocenters. The molecule has 0 aliphatic heterocycles. The average molecular weight is 282 g/mol. The molecule has 0 spiro atoms. The van der Waals surface area contributed by atoms with Gasteiger partial charge >= 0.3 is 0 Å². The minimum Gasteiger partial charge on any atom is -0.343 e. The summed E-state index contributed by atoms with van der Waals surface area (Å²) in [6.07, 6.45) is 1.60. The van der Waals surface area contributed by atoms with Crippen LogP contribution in [0.25, 0.3) is 0 Å². The largest absolute Gasteiger partial charge is 0.343 e. The Morgan fingerprint density at radius 3 is 2.68 bits per heavy atom. The van der Waals surface area contributed by atoms with Gasteiger partial charge in [-0.2, -0.15) is 5.10 Å². The van der Waals surface area contributed by atoms with Gasteiger partial charge in [-0.1, -0.05) is 37.6 Å². The third-order valence-electron chi connectivity index (χ3n) is 2.09. The average Bonchev–Trinajstić information content (AvgIpc) is 2.36. The maximum Gasteiger partial charge on any atom is 0.259 e. The number of amides is 2. The smallest absolute Gasteiger partial charge is 0.259 e. The number of hydrogen-bond acceptors (Lipinski definition) is 3. The first kappa shape index (κ1) is 15.2. The third kappa shape index (κ3) is 5.52. The lowest BCUT2D eigenvalue weighted by Crippen LogP contribution is -2.35. The number of carbonyl (C=O) groups is 2. The highest BCUT2D eigenvalue weighted by Crippen LogP contribution is 2.14. The zero-order chi connectivity index (χ0) is 14.3. The van der Waals surface area contributed by atoms with Gasteiger partial charge in [-0.05, 0) is 18.1 Å². The van der Waals surface area contributed by atoms with E-state index in [1.807, 2.05) is 13.8 Å². The molecule has 0 heterocycles. The second-order valence-electron chi connectivity index (χ2n) is 4.22. The van der Waals surface area contributed by atoms with Gasteiger partial charge in [0, 0.05) is 6.21 Å². The van der Waals surface area contributed by atoms with Crippen molar-refractivity contribution in [2.24, 2.45) is 11.0 Å². The molecule has 0 unspecified atom stereocenters. The van der Waals surface area contributed by atoms with Crippen LogP contribution in [-0.4, -0.2) is 24.6 Å². The van der Waals surface area contributed by atoms with E-state index in [1.165, 1.54) is 0 Å². The van der Waals surface area contributed by atoms with E-state index in [1.54, 1.807) is 30.5 Å². The Morgan fingerprint density at radius 1 is 1.37 bits per heavy atom. The molecular formula is C13H16ClN3O2. The molecule has 0 radical (unpaired) electrons. The van der Waals surface area contributed by atoms with Crippen LogP contribution in [0.5, 0.6) is 0 Å². The third-order valence-corrected chi connectivity index (χ3v) is 2.42. The maximum absolute atomic E-state index is 11.7. The molecule has 2 amide bonds. The summed E-state index contributed by atoms with van der Waals surface area (Å²) in [4.78, 5) is 23.1. The van der Waals surface area contributed by atoms with Crippen LogP contribution in [0, 0.1) is 5.92 Å². The van der Waals surface area contributed by atoms with Crippen molar-refractivity contribution in [2.75, 3.05) is 6.54 Å². The Kier molecular flexibility index (Phi) is 6.02. The fourth-order valence-electron chi connectivity index (χ4n) is 1.20. The Morgan fingerprint density at radius 2 is 2.05 bits per heavy atom. The normalized spacial score (nSPS) is 10.7. The second kappa shape index (κ2) is 7.53. The van der Waals surface area contributed by atoms with Gasteiger partial charge in [0.1, 0.15) is 0 Å². The predicted octanol–water partition coefficient (Wildman–Crippen LogP) is 1.83. The molecule has 19 heavy (non-hydrogen) atoms. The molecule has 0 aliphatic rings. The summed E-state index contributed by atoms with van der Waals surface area (Å²) >= 11 is 5.87. The van der Waals surface area contributed by atoms with Crippen LogP contribution in [0.4, 0.5) is 0 Å². The zero-order valence-corrected chi connectivity index (χ0v) is 11.6. The van der Waals surface area contributed by atoms with Crippen molar-refractivity contribution in [3.8, 4) is 0 Å². The van der Waals surface area contributed by atoms with Crippen molar-refractivity contribution in [3.63, 3.8) is 0 Å². The first-order valence-electron chi connectivity index (χ1n) is 5.85. The molecule has 2 N–H and O–H groups in total. The topological polar surface area (TPSA) is 70.6 Å². The lowest BCUT2D eigenvalue weighted by Gasteiger charge is -2.05. The van der Waals surface area contributed by atoms with Gasteiger partial charge in [0.15, 0.2) is 0 Å². The highest BCUT2D eigenvalue weighted by Gasteiger charge is 2.10. The standard InChI is InChI=1S/C13H16ClN3O2/c1-9(2)7-16-17-12(18)8-15-13(19)10-5-3-4-6-11(10)14/h3-7,9H,8H2,1-2H3,(H,15,19)(H,17,18)/b16-7+. The molecule has 1 aromatic carbocycles. The van der Waals surface area contributed by atoms with E-state index < -0.39 is 11.8 Å². The first-order valence-corrected chi connectivity index (χ1v) is 6.23. The number of hydrogen-bond donors (Lipinski definition) is 2. The SMILES string of the molecule is CC(C)/C=N/NC(=O)CNC(=O)c1ccccc1Cl. The van der Waals surface area contributed by atoms with Crippen LogP contribution in [0.3, 0.4) is 0 Å². The van der Waals surface area contributed by atoms with Gasteiger partial charge in [0.25, 0.3) is 11.8 Å². The van der Waals surface area contributed by atoms with Gasteiger partial charge in [-0.25, -0.2) is 5.43 Å². The van der Waals surface area contributed by atoms with E-state index >= 15 is 0 Å². The van der Waals surface area contributed by atoms with Crippen LogP contribution in [0.2, 0.25) is 5.02 Å². The number of nitrogens with one attached hydrogen (secondary N) is 2. The van der Waals surface area contributed by atoms with Crippen molar-refractivity contribution in [1.29, 1.82) is 0 Å². The fraction of sp³-hybridized carbons (Fsp3) is 0.308. The Labute approximate surface area is 117 Å². The summed E-state index contributed by atoms with van der Waals surface area (Å²) < 4.78 is 0. The quantitative estimate of drug-likeness (QED) is 0.638. The van der Waals surface area contributed by atoms with Crippen molar-refractivity contribution in [2.45, 2.75) is 13.8 Å². The highest BCUT2D eigenvalue weighted by atomic mass is 35.5. The molecule has 0 saturated heterocycles. The molecule has 5 nitrogen and oxygen atoms in total. The van der Waals surface area contributed by atoms with Crippen molar-refractivity contribution in [3.05, 3.63) is 34.9 Å². The van der Waals surface area contributed by atoms with Crippen LogP contribution < -0.4 is 10.7 Å². The fourth-order valence-corrected chi connectivity index (χ4v) is 1.42. The van der Waals surface area contributed by atoms with Gasteiger partial charge in [0.2, 0.25) is 0 Å². The van der Waals surface area contributed by atoms with Gasteiger partial charge in [-0.15, -0.1) is 0 Å². The molecular weight excluding hydrogens is 266 g/mol. The molecule has 6 heteroatoms. The van der Waals surface area contributed by atoms with Crippen molar-refractivity contribution >= 4 is 29.6 Å². The summed E-state index contributed by atoms with van der Waals surface area (Å²) in [5.41, 5.74) is 2.65. The Bertz CT molecular complexity index is 487. The lowest BCUT2D eigenvalue weighted by molar-refractivity contribution is -0.120. The van der Waals surface area contributed by atoms with Crippen molar-refractivity contribution in [1.82, 2.24) is 10.7 Å². The zero-order valence-electron chi connectivity index (χ0n) is 10.8. The lowest BCUT2D eigenvalue weighted by atomic mass is 10.2. The van der Waals surface area contributed by atoms with E-state index in [9.17, 15) is 9.59 Å². The van der Waals surface area contributed by atoms with Crippen LogP contribution in [0.1, 0.15) is 24.2 Å². The number of benzene rings is 1. The number of hydrazone groups is 1. The highest BCUT2D eigenvalue weighted by molar-refractivity contribution is 6.33. The number of rotatable bonds is 5. The summed E-state index contributed by atoms with van der Waals surface area (Å²) in [5, 5.41) is 6.55. The summed E-state index contributed by atoms with van der Waals surface area (Å²) in [6.45, 7) is 3.73. The van der Waals surface area contributed by atoms with E-state index in [0.717, 1.165) is 0 Å². The molecule has 0 bridgehead atoms. The minimum atomic E-state index is -0.395. The monoisotopic (exact) mass is 281 g/mol. The van der Waals surface area contributed by atoms with E-state index in [4.69, 9.17) is 11.6 Å². The van der Waals surface area contributed by atoms with Gasteiger partial charge in [0.05, 0.1) is 17.1 Å². The van der Waals surface area contributed by atoms with Crippen LogP contribution in [-0.2, 0) is 4.79 Å². The van der Waals surface area contributed by atoms with Gasteiger partial charge in [-0.3, -0.25) is 9.59 Å². The Balaban J connectivity index is 2.43. The summed E-state index contributed by atoms with van der Waals surface area (Å²) in [6, 6.07) is 6.64. The maximum atomic E-state index is 11.7. The number of carbonyl (C=O) groups excluding carboxylic acids is 2. The molecule has 0 saturated carbocycles. The summed E-state index contributed by atoms with van der Waals surface area (Å²) in [7, 11) is 0. The second-order valence-corrected chi connectivity index (χ2v) is 4.63. The molecule has 1 aromatic rings. The van der Waals surface area contributed by atoms with E-state index in [2.05, 4.69) is 15.8 Å². The molecule has 1 rings (SSSR count). The number of nitrogens with zero attached hydrogens (tertiary/aromatic N) is 1. The molecule has 102 valence electrons. The molecule has 0 aromatic heterocycles. The van der Waals surface area contributed by atoms with Crippen LogP contribution >= 0.6 is 11.6 Å². The number of halogens is 1. The van der Waals surface area contributed by atoms with E-state index in [0.29, 0.717) is 10.6 Å². The predicted molar refractivity (Wildman–Crippen MR) is 75.3 cm³/mol. The Hall–Kier alpha value is -1.88. The molecule has 0 fully saturated rings. The van der Waals surface area contributed by atoms with Crippen LogP contribution in [0.15, 0.2) is 29.4 Å². The molecule has 0 aliphatic carbocycles. The first-order chi connectivity index (χ1) is 9.00. The van der Waals surface area contributed by atoms with Crippen molar-refractivity contribution < 1.29 is 9.59 Å². The summed E-state index contributed by atoms with van der Waals surface area (Å²) in [5.74, 6) is -0.538. The van der Waals surface area contributed by atoms with E-state index in [-0.39, 0.29) is 12.5 Å². The van der Waals surface area contributed by atoms with Gasteiger partial charge < -0.3 is 5.32 Å². The minimum absolute atomic E-state index is 0.153.